The van der Waals surface area contributed by atoms with Crippen molar-refractivity contribution in [1.82, 2.24) is 15.5 Å². The summed E-state index contributed by atoms with van der Waals surface area (Å²) in [6, 6.07) is 7.40. The Balaban J connectivity index is 1.86. The Labute approximate surface area is 159 Å². The minimum absolute atomic E-state index is 0.261. The van der Waals surface area contributed by atoms with Gasteiger partial charge in [0.15, 0.2) is 5.96 Å². The summed E-state index contributed by atoms with van der Waals surface area (Å²) >= 11 is 5.87. The predicted molar refractivity (Wildman–Crippen MR) is 104 cm³/mol. The third kappa shape index (κ3) is 6.82. The van der Waals surface area contributed by atoms with Crippen LogP contribution in [0.3, 0.4) is 0 Å². The largest absolute Gasteiger partial charge is 0.386 e. The van der Waals surface area contributed by atoms with Gasteiger partial charge in [0.2, 0.25) is 5.91 Å². The average molecular weight is 382 g/mol. The normalized spacial score (nSPS) is 17.7. The molecule has 144 valence electrons. The number of nitrogens with one attached hydrogen (secondary N) is 2. The van der Waals surface area contributed by atoms with E-state index in [0.717, 1.165) is 38.0 Å². The molecule has 1 amide bonds. The highest BCUT2D eigenvalue weighted by Gasteiger charge is 2.21. The number of aliphatic hydroxyl groups is 1. The maximum atomic E-state index is 11.0. The smallest absolute Gasteiger partial charge is 0.231 e. The zero-order chi connectivity index (χ0) is 18.9. The van der Waals surface area contributed by atoms with E-state index < -0.39 is 6.10 Å². The number of benzene rings is 1. The average Bonchev–Trinajstić information content (AvgIpc) is 2.61. The van der Waals surface area contributed by atoms with Crippen LogP contribution in [-0.4, -0.2) is 60.6 Å². The van der Waals surface area contributed by atoms with Gasteiger partial charge in [-0.05, 0) is 37.5 Å². The number of piperidine rings is 1. The van der Waals surface area contributed by atoms with Gasteiger partial charge < -0.3 is 21.5 Å². The molecule has 1 aromatic carbocycles. The molecule has 0 saturated carbocycles. The number of amides is 1. The monoisotopic (exact) mass is 381 g/mol. The van der Waals surface area contributed by atoms with Crippen LogP contribution in [0.2, 0.25) is 5.02 Å². The zero-order valence-electron chi connectivity index (χ0n) is 15.1. The Morgan fingerprint density at radius 3 is 2.62 bits per heavy atom. The van der Waals surface area contributed by atoms with Crippen molar-refractivity contribution in [3.63, 3.8) is 0 Å². The first-order valence-corrected chi connectivity index (χ1v) is 9.34. The fraction of sp³-hybridized carbons (Fsp3) is 0.556. The molecule has 1 aromatic rings. The van der Waals surface area contributed by atoms with Crippen molar-refractivity contribution >= 4 is 23.5 Å². The lowest BCUT2D eigenvalue weighted by atomic mass is 10.1. The summed E-state index contributed by atoms with van der Waals surface area (Å²) in [4.78, 5) is 17.6. The van der Waals surface area contributed by atoms with Crippen molar-refractivity contribution in [1.29, 1.82) is 0 Å². The van der Waals surface area contributed by atoms with Gasteiger partial charge in [-0.1, -0.05) is 23.7 Å². The van der Waals surface area contributed by atoms with E-state index in [4.69, 9.17) is 17.3 Å². The maximum absolute atomic E-state index is 11.0. The van der Waals surface area contributed by atoms with E-state index in [1.165, 1.54) is 0 Å². The van der Waals surface area contributed by atoms with E-state index in [2.05, 4.69) is 20.5 Å². The van der Waals surface area contributed by atoms with E-state index >= 15 is 0 Å². The number of guanidine groups is 1. The van der Waals surface area contributed by atoms with Crippen LogP contribution in [-0.2, 0) is 4.79 Å². The van der Waals surface area contributed by atoms with Crippen LogP contribution < -0.4 is 16.4 Å². The number of carbonyl (C=O) groups excluding carboxylic acids is 1. The minimum atomic E-state index is -0.680. The van der Waals surface area contributed by atoms with Crippen molar-refractivity contribution in [2.45, 2.75) is 31.9 Å². The van der Waals surface area contributed by atoms with Gasteiger partial charge in [0.25, 0.3) is 0 Å². The molecule has 5 N–H and O–H groups in total. The predicted octanol–water partition coefficient (Wildman–Crippen LogP) is 0.878. The summed E-state index contributed by atoms with van der Waals surface area (Å²) in [5.74, 6) is 0.399. The molecule has 0 spiro atoms. The number of halogens is 1. The Kier molecular flexibility index (Phi) is 8.15. The standard InChI is InChI=1S/C18H28ClN5O2/c1-2-21-18(22-11-16(25)13-3-5-14(19)6-4-13)23-15-7-9-24(10-8-15)12-17(20)26/h3-6,15-16,25H,2,7-12H2,1H3,(H2,20,26)(H2,21,22,23). The second kappa shape index (κ2) is 10.4. The molecule has 1 unspecified atom stereocenters. The lowest BCUT2D eigenvalue weighted by Crippen LogP contribution is -2.49. The maximum Gasteiger partial charge on any atom is 0.231 e. The number of carbonyl (C=O) groups is 1. The second-order valence-electron chi connectivity index (χ2n) is 6.45. The van der Waals surface area contributed by atoms with E-state index in [1.54, 1.807) is 24.3 Å². The lowest BCUT2D eigenvalue weighted by Gasteiger charge is -2.32. The number of hydrogen-bond acceptors (Lipinski definition) is 4. The topological polar surface area (TPSA) is 103 Å². The SMILES string of the molecule is CCNC(=NCC(O)c1ccc(Cl)cc1)NC1CCN(CC(N)=O)CC1. The Morgan fingerprint density at radius 1 is 1.38 bits per heavy atom. The molecule has 0 radical (unpaired) electrons. The quantitative estimate of drug-likeness (QED) is 0.414. The van der Waals surface area contributed by atoms with Gasteiger partial charge in [0.1, 0.15) is 0 Å². The minimum Gasteiger partial charge on any atom is -0.386 e. The molecule has 1 heterocycles. The third-order valence-electron chi connectivity index (χ3n) is 4.33. The Bertz CT molecular complexity index is 600. The van der Waals surface area contributed by atoms with E-state index in [0.29, 0.717) is 17.5 Å². The van der Waals surface area contributed by atoms with Crippen LogP contribution in [0.15, 0.2) is 29.3 Å². The van der Waals surface area contributed by atoms with Gasteiger partial charge in [-0.25, -0.2) is 0 Å². The molecule has 1 aliphatic heterocycles. The van der Waals surface area contributed by atoms with Gasteiger partial charge in [-0.15, -0.1) is 0 Å². The van der Waals surface area contributed by atoms with E-state index in [9.17, 15) is 9.90 Å². The summed E-state index contributed by atoms with van der Waals surface area (Å²) in [6.45, 7) is 4.97. The van der Waals surface area contributed by atoms with Crippen molar-refractivity contribution in [3.05, 3.63) is 34.9 Å². The first-order valence-electron chi connectivity index (χ1n) is 8.97. The molecular formula is C18H28ClN5O2. The summed E-state index contributed by atoms with van der Waals surface area (Å²) < 4.78 is 0. The van der Waals surface area contributed by atoms with Crippen molar-refractivity contribution in [2.24, 2.45) is 10.7 Å². The molecule has 0 aromatic heterocycles. The second-order valence-corrected chi connectivity index (χ2v) is 6.88. The molecule has 1 atom stereocenters. The molecule has 7 nitrogen and oxygen atoms in total. The molecule has 1 saturated heterocycles. The molecule has 26 heavy (non-hydrogen) atoms. The van der Waals surface area contributed by atoms with Crippen LogP contribution >= 0.6 is 11.6 Å². The number of nitrogens with two attached hydrogens (primary N) is 1. The number of nitrogens with zero attached hydrogens (tertiary/aromatic N) is 2. The van der Waals surface area contributed by atoms with Gasteiger partial charge in [-0.3, -0.25) is 14.7 Å². The first kappa shape index (κ1) is 20.5. The molecule has 0 bridgehead atoms. The highest BCUT2D eigenvalue weighted by Crippen LogP contribution is 2.16. The molecule has 1 aliphatic rings. The summed E-state index contributed by atoms with van der Waals surface area (Å²) in [5, 5.41) is 17.6. The van der Waals surface area contributed by atoms with Gasteiger partial charge in [0.05, 0.1) is 19.2 Å². The fourth-order valence-corrected chi connectivity index (χ4v) is 3.06. The molecule has 0 aliphatic carbocycles. The van der Waals surface area contributed by atoms with Crippen LogP contribution in [0.5, 0.6) is 0 Å². The van der Waals surface area contributed by atoms with Crippen LogP contribution in [0, 0.1) is 0 Å². The van der Waals surface area contributed by atoms with Gasteiger partial charge in [-0.2, -0.15) is 0 Å². The number of primary amides is 1. The zero-order valence-corrected chi connectivity index (χ0v) is 15.9. The Hall–Kier alpha value is -1.83. The summed E-state index contributed by atoms with van der Waals surface area (Å²) in [7, 11) is 0. The van der Waals surface area contributed by atoms with E-state index in [1.807, 2.05) is 6.92 Å². The number of aliphatic hydroxyl groups excluding tert-OH is 1. The van der Waals surface area contributed by atoms with Crippen molar-refractivity contribution < 1.29 is 9.90 Å². The van der Waals surface area contributed by atoms with Crippen LogP contribution in [0.4, 0.5) is 0 Å². The molecular weight excluding hydrogens is 354 g/mol. The molecule has 1 fully saturated rings. The number of hydrogen-bond donors (Lipinski definition) is 4. The van der Waals surface area contributed by atoms with Crippen LogP contribution in [0.1, 0.15) is 31.4 Å². The first-order chi connectivity index (χ1) is 12.5. The van der Waals surface area contributed by atoms with E-state index in [-0.39, 0.29) is 18.5 Å². The summed E-state index contributed by atoms with van der Waals surface area (Å²) in [6.07, 6.45) is 1.15. The van der Waals surface area contributed by atoms with Crippen LogP contribution in [0.25, 0.3) is 0 Å². The highest BCUT2D eigenvalue weighted by atomic mass is 35.5. The lowest BCUT2D eigenvalue weighted by molar-refractivity contribution is -0.119. The third-order valence-corrected chi connectivity index (χ3v) is 4.58. The van der Waals surface area contributed by atoms with Crippen molar-refractivity contribution in [2.75, 3.05) is 32.7 Å². The number of aliphatic imine (C=N–C) groups is 1. The number of likely N-dealkylation sites (tertiary alicyclic amines) is 1. The molecule has 8 heteroatoms. The van der Waals surface area contributed by atoms with Gasteiger partial charge in [0, 0.05) is 30.7 Å². The van der Waals surface area contributed by atoms with Crippen molar-refractivity contribution in [3.8, 4) is 0 Å². The fourth-order valence-electron chi connectivity index (χ4n) is 2.94. The molecule has 2 rings (SSSR count). The highest BCUT2D eigenvalue weighted by molar-refractivity contribution is 6.30. The Morgan fingerprint density at radius 2 is 2.04 bits per heavy atom. The van der Waals surface area contributed by atoms with Gasteiger partial charge >= 0.3 is 0 Å². The summed E-state index contributed by atoms with van der Waals surface area (Å²) in [5.41, 5.74) is 6.03. The number of rotatable bonds is 7.